The molecule has 0 aromatic carbocycles. The van der Waals surface area contributed by atoms with Crippen molar-refractivity contribution in [3.05, 3.63) is 92.5 Å². The first-order valence-corrected chi connectivity index (χ1v) is 12.0. The van der Waals surface area contributed by atoms with E-state index in [2.05, 4.69) is 15.1 Å². The number of aromatic nitrogens is 5. The van der Waals surface area contributed by atoms with Crippen molar-refractivity contribution in [1.82, 2.24) is 24.3 Å². The molecule has 8 nitrogen and oxygen atoms in total. The third kappa shape index (κ3) is 4.99. The molecule has 0 aliphatic carbocycles. The van der Waals surface area contributed by atoms with Gasteiger partial charge in [0.05, 0.1) is 20.3 Å². The van der Waals surface area contributed by atoms with Crippen LogP contribution in [0, 0.1) is 11.6 Å². The predicted octanol–water partition coefficient (Wildman–Crippen LogP) is 4.43. The second-order valence-corrected chi connectivity index (χ2v) is 9.60. The molecule has 4 aromatic rings. The van der Waals surface area contributed by atoms with Gasteiger partial charge in [0, 0.05) is 36.3 Å². The third-order valence-corrected chi connectivity index (χ3v) is 6.37. The summed E-state index contributed by atoms with van der Waals surface area (Å²) in [7, 11) is 0. The molecule has 0 radical (unpaired) electrons. The molecule has 1 aliphatic rings. The molecule has 0 spiro atoms. The zero-order chi connectivity index (χ0) is 28.1. The van der Waals surface area contributed by atoms with Crippen LogP contribution in [0.5, 0.6) is 5.75 Å². The van der Waals surface area contributed by atoms with Crippen molar-refractivity contribution >= 4 is 11.6 Å². The highest BCUT2D eigenvalue weighted by Crippen LogP contribution is 2.30. The number of ether oxygens (including phenoxy) is 1. The van der Waals surface area contributed by atoms with Gasteiger partial charge in [0.15, 0.2) is 11.6 Å². The number of aliphatic hydroxyl groups is 1. The molecular formula is C26H24ClF2N5O3. The Kier molecular flexibility index (Phi) is 5.90. The largest absolute Gasteiger partial charge is 0.485 e. The zero-order valence-corrected chi connectivity index (χ0v) is 20.8. The summed E-state index contributed by atoms with van der Waals surface area (Å²) in [5.74, 6) is -2.09. The first-order valence-electron chi connectivity index (χ1n) is 12.6. The SMILES string of the molecule is [2H]C([2H])(Oc1cc2n(c(=O)c1Cl)-c1cc(-n3ccc(C(C)(C)O)n3)ncc1CCCC2)c1ncc(F)cc1F. The zero-order valence-electron chi connectivity index (χ0n) is 22.0. The van der Waals surface area contributed by atoms with E-state index in [0.717, 1.165) is 18.4 Å². The Morgan fingerprint density at radius 2 is 1.97 bits per heavy atom. The van der Waals surface area contributed by atoms with Crippen molar-refractivity contribution in [2.24, 2.45) is 0 Å². The van der Waals surface area contributed by atoms with Gasteiger partial charge in [0.25, 0.3) is 5.56 Å². The fourth-order valence-electron chi connectivity index (χ4n) is 4.12. The van der Waals surface area contributed by atoms with E-state index >= 15 is 0 Å². The van der Waals surface area contributed by atoms with E-state index in [1.165, 1.54) is 15.3 Å². The minimum absolute atomic E-state index is 0.290. The highest BCUT2D eigenvalue weighted by molar-refractivity contribution is 6.31. The normalized spacial score (nSPS) is 14.6. The summed E-state index contributed by atoms with van der Waals surface area (Å²) in [5.41, 5.74) is -0.321. The van der Waals surface area contributed by atoms with Crippen molar-refractivity contribution in [2.75, 3.05) is 0 Å². The van der Waals surface area contributed by atoms with E-state index in [4.69, 9.17) is 19.1 Å². The molecule has 11 heteroatoms. The molecule has 37 heavy (non-hydrogen) atoms. The lowest BCUT2D eigenvalue weighted by Crippen LogP contribution is -2.26. The van der Waals surface area contributed by atoms with Crippen LogP contribution in [0.4, 0.5) is 8.78 Å². The average molecular weight is 530 g/mol. The van der Waals surface area contributed by atoms with Crippen LogP contribution in [0.1, 0.15) is 52.1 Å². The van der Waals surface area contributed by atoms with Crippen LogP contribution in [-0.4, -0.2) is 29.4 Å². The Balaban J connectivity index is 1.60. The number of fused-ring (bicyclic) bond motifs is 3. The van der Waals surface area contributed by atoms with Crippen molar-refractivity contribution in [1.29, 1.82) is 0 Å². The van der Waals surface area contributed by atoms with Gasteiger partial charge in [-0.2, -0.15) is 5.10 Å². The number of hydrogen-bond acceptors (Lipinski definition) is 6. The molecule has 0 saturated carbocycles. The molecule has 4 aromatic heterocycles. The smallest absolute Gasteiger partial charge is 0.277 e. The monoisotopic (exact) mass is 529 g/mol. The lowest BCUT2D eigenvalue weighted by atomic mass is 10.0. The first kappa shape index (κ1) is 22.6. The summed E-state index contributed by atoms with van der Waals surface area (Å²) in [6.07, 6.45) is 6.63. The maximum absolute atomic E-state index is 14.3. The van der Waals surface area contributed by atoms with Gasteiger partial charge < -0.3 is 9.84 Å². The second kappa shape index (κ2) is 9.68. The molecule has 0 fully saturated rings. The molecule has 0 unspecified atom stereocenters. The predicted molar refractivity (Wildman–Crippen MR) is 132 cm³/mol. The van der Waals surface area contributed by atoms with E-state index in [-0.39, 0.29) is 5.75 Å². The van der Waals surface area contributed by atoms with Crippen molar-refractivity contribution in [2.45, 2.75) is 51.7 Å². The summed E-state index contributed by atoms with van der Waals surface area (Å²) >= 11 is 6.40. The Morgan fingerprint density at radius 1 is 1.19 bits per heavy atom. The molecule has 0 saturated heterocycles. The molecule has 0 amide bonds. The maximum atomic E-state index is 14.3. The fraction of sp³-hybridized carbons (Fsp3) is 0.308. The van der Waals surface area contributed by atoms with Gasteiger partial charge in [-0.05, 0) is 51.2 Å². The highest BCUT2D eigenvalue weighted by Gasteiger charge is 2.23. The Hall–Kier alpha value is -3.63. The van der Waals surface area contributed by atoms with Crippen molar-refractivity contribution in [3.8, 4) is 17.3 Å². The molecule has 192 valence electrons. The van der Waals surface area contributed by atoms with E-state index in [1.54, 1.807) is 38.4 Å². The molecule has 5 heterocycles. The maximum Gasteiger partial charge on any atom is 0.277 e. The Bertz CT molecular complexity index is 1640. The molecular weight excluding hydrogens is 504 g/mol. The van der Waals surface area contributed by atoms with Gasteiger partial charge in [0.2, 0.25) is 0 Å². The lowest BCUT2D eigenvalue weighted by Gasteiger charge is -2.21. The van der Waals surface area contributed by atoms with Crippen molar-refractivity contribution < 1.29 is 21.4 Å². The van der Waals surface area contributed by atoms with E-state index in [9.17, 15) is 18.7 Å². The Morgan fingerprint density at radius 3 is 2.70 bits per heavy atom. The van der Waals surface area contributed by atoms with Gasteiger partial charge in [-0.3, -0.25) is 14.3 Å². The van der Waals surface area contributed by atoms with Crippen LogP contribution < -0.4 is 10.3 Å². The summed E-state index contributed by atoms with van der Waals surface area (Å²) in [6.45, 7) is 0.393. The number of pyridine rings is 3. The van der Waals surface area contributed by atoms with Crippen LogP contribution in [0.2, 0.25) is 5.02 Å². The molecule has 1 aliphatic heterocycles. The minimum atomic E-state index is -2.85. The minimum Gasteiger partial charge on any atom is -0.485 e. The first-order chi connectivity index (χ1) is 18.3. The van der Waals surface area contributed by atoms with Crippen LogP contribution in [0.3, 0.4) is 0 Å². The van der Waals surface area contributed by atoms with Crippen LogP contribution in [0.15, 0.2) is 47.7 Å². The molecule has 5 rings (SSSR count). The number of aryl methyl sites for hydroxylation is 2. The molecule has 1 N–H and O–H groups in total. The van der Waals surface area contributed by atoms with Crippen LogP contribution >= 0.6 is 11.6 Å². The summed E-state index contributed by atoms with van der Waals surface area (Å²) in [4.78, 5) is 21.6. The van der Waals surface area contributed by atoms with Gasteiger partial charge in [0.1, 0.15) is 34.4 Å². The van der Waals surface area contributed by atoms with Crippen LogP contribution in [-0.2, 0) is 25.0 Å². The second-order valence-electron chi connectivity index (χ2n) is 9.23. The summed E-state index contributed by atoms with van der Waals surface area (Å²) in [6, 6.07) is 5.30. The highest BCUT2D eigenvalue weighted by atomic mass is 35.5. The number of nitrogens with zero attached hydrogens (tertiary/aromatic N) is 5. The number of rotatable bonds is 5. The average Bonchev–Trinajstić information content (AvgIpc) is 3.35. The van der Waals surface area contributed by atoms with E-state index in [1.807, 2.05) is 0 Å². The quantitative estimate of drug-likeness (QED) is 0.411. The number of hydrogen-bond donors (Lipinski definition) is 1. The van der Waals surface area contributed by atoms with Gasteiger partial charge >= 0.3 is 0 Å². The van der Waals surface area contributed by atoms with Gasteiger partial charge in [-0.25, -0.2) is 18.4 Å². The van der Waals surface area contributed by atoms with E-state index < -0.39 is 40.1 Å². The van der Waals surface area contributed by atoms with Gasteiger partial charge in [-0.1, -0.05) is 11.6 Å². The standard InChI is InChI=1S/C26H24ClF2N5O3/c1-26(2,36)22-7-8-33(32-22)23-11-20-15(12-31-23)5-3-4-6-17-10-21(24(27)25(35)34(17)20)37-14-19-18(29)9-16(28)13-30-19/h7-13,36H,3-6,14H2,1-2H3/i14D2. The van der Waals surface area contributed by atoms with Gasteiger partial charge in [-0.15, -0.1) is 0 Å². The number of halogens is 3. The topological polar surface area (TPSA) is 95.1 Å². The van der Waals surface area contributed by atoms with E-state index in [0.29, 0.717) is 48.0 Å². The third-order valence-electron chi connectivity index (χ3n) is 6.03. The Labute approximate surface area is 219 Å². The summed E-state index contributed by atoms with van der Waals surface area (Å²) in [5, 5.41) is 14.3. The lowest BCUT2D eigenvalue weighted by molar-refractivity contribution is 0.0734. The summed E-state index contributed by atoms with van der Waals surface area (Å²) < 4.78 is 52.3. The molecule has 0 bridgehead atoms. The molecule has 0 atom stereocenters. The fourth-order valence-corrected chi connectivity index (χ4v) is 4.29. The van der Waals surface area contributed by atoms with Crippen LogP contribution in [0.25, 0.3) is 11.5 Å². The van der Waals surface area contributed by atoms with Crippen molar-refractivity contribution in [3.63, 3.8) is 0 Å².